The van der Waals surface area contributed by atoms with E-state index >= 15 is 0 Å². The van der Waals surface area contributed by atoms with Crippen LogP contribution in [0, 0.1) is 0 Å². The number of nitrogens with zero attached hydrogens (tertiary/aromatic N) is 2. The average Bonchev–Trinajstić information content (AvgIpc) is 2.81. The van der Waals surface area contributed by atoms with Crippen molar-refractivity contribution in [3.8, 4) is 0 Å². The van der Waals surface area contributed by atoms with E-state index in [0.717, 1.165) is 33.6 Å². The highest BCUT2D eigenvalue weighted by atomic mass is 32.2. The van der Waals surface area contributed by atoms with E-state index in [0.29, 0.717) is 11.4 Å². The number of para-hydroxylation sites is 1. The zero-order chi connectivity index (χ0) is 16.6. The molecule has 0 atom stereocenters. The van der Waals surface area contributed by atoms with Crippen molar-refractivity contribution in [2.45, 2.75) is 6.92 Å². The molecule has 0 radical (unpaired) electrons. The van der Waals surface area contributed by atoms with Gasteiger partial charge in [-0.3, -0.25) is 14.5 Å². The highest BCUT2D eigenvalue weighted by Crippen LogP contribution is 2.39. The van der Waals surface area contributed by atoms with Crippen LogP contribution in [0.4, 0.5) is 5.69 Å². The third-order valence-electron chi connectivity index (χ3n) is 3.63. The normalized spacial score (nSPS) is 20.2. The Labute approximate surface area is 143 Å². The molecule has 0 aromatic heterocycles. The molecule has 7 heteroatoms. The number of likely N-dealkylation sites (N-methyl/N-ethyl adjacent to an activating group) is 1. The number of hydrogen-bond donors (Lipinski definition) is 1. The molecule has 2 aliphatic heterocycles. The summed E-state index contributed by atoms with van der Waals surface area (Å²) < 4.78 is 0.281. The molecule has 0 unspecified atom stereocenters. The second kappa shape index (κ2) is 6.17. The molecule has 23 heavy (non-hydrogen) atoms. The van der Waals surface area contributed by atoms with E-state index in [9.17, 15) is 9.59 Å². The van der Waals surface area contributed by atoms with Crippen molar-refractivity contribution in [2.24, 2.45) is 0 Å². The molecule has 0 saturated carbocycles. The third-order valence-corrected chi connectivity index (χ3v) is 5.08. The lowest BCUT2D eigenvalue weighted by atomic mass is 10.1. The number of thiocarbonyl (C=S) groups is 1. The first-order chi connectivity index (χ1) is 11.0. The maximum Gasteiger partial charge on any atom is 0.323 e. The molecule has 0 spiro atoms. The number of amides is 1. The quantitative estimate of drug-likeness (QED) is 0.671. The fourth-order valence-corrected chi connectivity index (χ4v) is 3.94. The lowest BCUT2D eigenvalue weighted by molar-refractivity contribution is -0.140. The minimum atomic E-state index is -1.08. The van der Waals surface area contributed by atoms with Crippen molar-refractivity contribution >= 4 is 51.9 Å². The standard InChI is InChI=1S/C16H14N2O3S2/c1-2-17-11-6-4-3-5-10(11)7-8-12(17)14-15(21)18(9-13(19)20)16(22)23-14/h3-8H,2,9H2,1H3,(H,19,20)/b14-12-. The monoisotopic (exact) mass is 346 g/mol. The van der Waals surface area contributed by atoms with Crippen molar-refractivity contribution in [3.05, 3.63) is 46.5 Å². The van der Waals surface area contributed by atoms with Crippen LogP contribution in [-0.4, -0.2) is 39.3 Å². The van der Waals surface area contributed by atoms with Crippen LogP contribution in [0.15, 0.2) is 40.9 Å². The number of carbonyl (C=O) groups is 2. The summed E-state index contributed by atoms with van der Waals surface area (Å²) >= 11 is 6.32. The number of hydrogen-bond acceptors (Lipinski definition) is 5. The second-order valence-corrected chi connectivity index (χ2v) is 6.65. The van der Waals surface area contributed by atoms with Gasteiger partial charge in [0, 0.05) is 12.2 Å². The van der Waals surface area contributed by atoms with Crippen molar-refractivity contribution in [2.75, 3.05) is 18.0 Å². The molecule has 0 aliphatic carbocycles. The molecule has 118 valence electrons. The van der Waals surface area contributed by atoms with E-state index < -0.39 is 12.5 Å². The summed E-state index contributed by atoms with van der Waals surface area (Å²) in [6.45, 7) is 2.29. The molecular weight excluding hydrogens is 332 g/mol. The fourth-order valence-electron chi connectivity index (χ4n) is 2.63. The zero-order valence-corrected chi connectivity index (χ0v) is 14.0. The van der Waals surface area contributed by atoms with Gasteiger partial charge in [0.05, 0.1) is 5.70 Å². The largest absolute Gasteiger partial charge is 0.480 e. The number of fused-ring (bicyclic) bond motifs is 1. The smallest absolute Gasteiger partial charge is 0.323 e. The van der Waals surface area contributed by atoms with E-state index in [1.807, 2.05) is 48.2 Å². The number of thioether (sulfide) groups is 1. The van der Waals surface area contributed by atoms with Gasteiger partial charge in [-0.25, -0.2) is 0 Å². The fraction of sp³-hybridized carbons (Fsp3) is 0.188. The Morgan fingerprint density at radius 2 is 2.00 bits per heavy atom. The van der Waals surface area contributed by atoms with Gasteiger partial charge in [0.25, 0.3) is 5.91 Å². The van der Waals surface area contributed by atoms with Gasteiger partial charge in [-0.15, -0.1) is 0 Å². The minimum absolute atomic E-state index is 0.281. The minimum Gasteiger partial charge on any atom is -0.480 e. The second-order valence-electron chi connectivity index (χ2n) is 5.00. The predicted molar refractivity (Wildman–Crippen MR) is 95.1 cm³/mol. The number of anilines is 1. The lowest BCUT2D eigenvalue weighted by Crippen LogP contribution is -2.34. The summed E-state index contributed by atoms with van der Waals surface area (Å²) in [6.07, 6.45) is 3.85. The van der Waals surface area contributed by atoms with Gasteiger partial charge >= 0.3 is 5.97 Å². The van der Waals surface area contributed by atoms with Crippen LogP contribution in [-0.2, 0) is 9.59 Å². The SMILES string of the molecule is CCN1/C(=C2\SC(=S)N(CC(=O)O)C2=O)C=Cc2ccccc21. The summed E-state index contributed by atoms with van der Waals surface area (Å²) in [4.78, 5) is 27.1. The van der Waals surface area contributed by atoms with Gasteiger partial charge in [-0.2, -0.15) is 0 Å². The first-order valence-corrected chi connectivity index (χ1v) is 8.29. The van der Waals surface area contributed by atoms with Gasteiger partial charge in [0.1, 0.15) is 15.8 Å². The maximum absolute atomic E-state index is 12.6. The maximum atomic E-state index is 12.6. The van der Waals surface area contributed by atoms with Gasteiger partial charge in [0.15, 0.2) is 0 Å². The average molecular weight is 346 g/mol. The van der Waals surface area contributed by atoms with Crippen molar-refractivity contribution in [1.29, 1.82) is 0 Å². The highest BCUT2D eigenvalue weighted by Gasteiger charge is 2.37. The molecule has 0 bridgehead atoms. The molecule has 5 nitrogen and oxygen atoms in total. The zero-order valence-electron chi connectivity index (χ0n) is 12.4. The van der Waals surface area contributed by atoms with Crippen LogP contribution in [0.3, 0.4) is 0 Å². The molecule has 3 rings (SSSR count). The van der Waals surface area contributed by atoms with Gasteiger partial charge in [-0.1, -0.05) is 48.3 Å². The van der Waals surface area contributed by atoms with Crippen LogP contribution in [0.1, 0.15) is 12.5 Å². The Morgan fingerprint density at radius 3 is 2.70 bits per heavy atom. The Balaban J connectivity index is 2.04. The lowest BCUT2D eigenvalue weighted by Gasteiger charge is -2.30. The number of carboxylic acids is 1. The number of allylic oxidation sites excluding steroid dienone is 1. The Kier molecular flexibility index (Phi) is 4.23. The molecule has 1 aromatic rings. The summed E-state index contributed by atoms with van der Waals surface area (Å²) in [5, 5.41) is 8.93. The summed E-state index contributed by atoms with van der Waals surface area (Å²) in [5.74, 6) is -1.43. The Morgan fingerprint density at radius 1 is 1.26 bits per heavy atom. The predicted octanol–water partition coefficient (Wildman–Crippen LogP) is 2.70. The summed E-state index contributed by atoms with van der Waals surface area (Å²) in [6, 6.07) is 7.93. The van der Waals surface area contributed by atoms with Gasteiger partial charge < -0.3 is 10.0 Å². The Bertz CT molecular complexity index is 770. The molecular formula is C16H14N2O3S2. The topological polar surface area (TPSA) is 60.9 Å². The summed E-state index contributed by atoms with van der Waals surface area (Å²) in [7, 11) is 0. The van der Waals surface area contributed by atoms with E-state index in [1.54, 1.807) is 0 Å². The number of rotatable bonds is 3. The van der Waals surface area contributed by atoms with Crippen molar-refractivity contribution in [3.63, 3.8) is 0 Å². The molecule has 2 aliphatic rings. The van der Waals surface area contributed by atoms with E-state index in [-0.39, 0.29) is 10.2 Å². The van der Waals surface area contributed by atoms with Crippen LogP contribution in [0.25, 0.3) is 6.08 Å². The highest BCUT2D eigenvalue weighted by molar-refractivity contribution is 8.26. The van der Waals surface area contributed by atoms with Crippen LogP contribution in [0.2, 0.25) is 0 Å². The van der Waals surface area contributed by atoms with Crippen molar-refractivity contribution in [1.82, 2.24) is 4.90 Å². The number of carbonyl (C=O) groups excluding carboxylic acids is 1. The van der Waals surface area contributed by atoms with Crippen LogP contribution < -0.4 is 4.90 Å². The van der Waals surface area contributed by atoms with Crippen LogP contribution in [0.5, 0.6) is 0 Å². The molecule has 1 fully saturated rings. The summed E-state index contributed by atoms with van der Waals surface area (Å²) in [5.41, 5.74) is 2.87. The van der Waals surface area contributed by atoms with E-state index in [2.05, 4.69) is 0 Å². The third kappa shape index (κ3) is 2.77. The number of benzene rings is 1. The van der Waals surface area contributed by atoms with Crippen LogP contribution >= 0.6 is 24.0 Å². The number of aliphatic carboxylic acids is 1. The van der Waals surface area contributed by atoms with E-state index in [4.69, 9.17) is 17.3 Å². The molecule has 1 saturated heterocycles. The Hall–Kier alpha value is -2.12. The molecule has 2 heterocycles. The van der Waals surface area contributed by atoms with Gasteiger partial charge in [0.2, 0.25) is 0 Å². The first kappa shape index (κ1) is 15.8. The van der Waals surface area contributed by atoms with Crippen molar-refractivity contribution < 1.29 is 14.7 Å². The number of carboxylic acid groups (broad SMARTS) is 1. The molecule has 1 N–H and O–H groups in total. The van der Waals surface area contributed by atoms with E-state index in [1.165, 1.54) is 0 Å². The molecule has 1 amide bonds. The first-order valence-electron chi connectivity index (χ1n) is 7.07. The van der Waals surface area contributed by atoms with Gasteiger partial charge in [-0.05, 0) is 24.6 Å². The molecule has 1 aromatic carbocycles.